The molecule has 24 heavy (non-hydrogen) atoms. The molecule has 1 saturated carbocycles. The Hall–Kier alpha value is -1.79. The molecule has 0 heterocycles. The third-order valence-corrected chi connectivity index (χ3v) is 3.98. The summed E-state index contributed by atoms with van der Waals surface area (Å²) in [6.45, 7) is 0.549. The maximum absolute atomic E-state index is 11.7. The summed E-state index contributed by atoms with van der Waals surface area (Å²) in [7, 11) is 0. The number of amides is 2. The molecule has 2 rings (SSSR count). The SMILES string of the molecule is Cl.NCC(=O)NCC(=O)Nc1ccc(OCC2CCCCC2)cc1. The number of hydrogen-bond acceptors (Lipinski definition) is 4. The van der Waals surface area contributed by atoms with E-state index in [2.05, 4.69) is 10.6 Å². The van der Waals surface area contributed by atoms with Gasteiger partial charge in [-0.2, -0.15) is 0 Å². The van der Waals surface area contributed by atoms with Crippen LogP contribution in [0.15, 0.2) is 24.3 Å². The van der Waals surface area contributed by atoms with Crippen LogP contribution in [0.1, 0.15) is 32.1 Å². The fraction of sp³-hybridized carbons (Fsp3) is 0.529. The lowest BCUT2D eigenvalue weighted by atomic mass is 9.90. The van der Waals surface area contributed by atoms with E-state index >= 15 is 0 Å². The third kappa shape index (κ3) is 7.19. The van der Waals surface area contributed by atoms with Gasteiger partial charge in [0, 0.05) is 5.69 Å². The molecule has 1 fully saturated rings. The maximum atomic E-state index is 11.7. The highest BCUT2D eigenvalue weighted by Crippen LogP contribution is 2.25. The zero-order chi connectivity index (χ0) is 16.5. The molecule has 2 amide bonds. The molecule has 0 saturated heterocycles. The number of carbonyl (C=O) groups excluding carboxylic acids is 2. The van der Waals surface area contributed by atoms with Crippen LogP contribution in [0, 0.1) is 5.92 Å². The lowest BCUT2D eigenvalue weighted by molar-refractivity contribution is -0.123. The number of hydrogen-bond donors (Lipinski definition) is 3. The first-order chi connectivity index (χ1) is 11.2. The van der Waals surface area contributed by atoms with Gasteiger partial charge in [0.2, 0.25) is 11.8 Å². The summed E-state index contributed by atoms with van der Waals surface area (Å²) in [5.74, 6) is 0.827. The van der Waals surface area contributed by atoms with Crippen LogP contribution in [0.4, 0.5) is 5.69 Å². The van der Waals surface area contributed by atoms with Crippen LogP contribution in [-0.2, 0) is 9.59 Å². The van der Waals surface area contributed by atoms with E-state index in [0.29, 0.717) is 11.6 Å². The van der Waals surface area contributed by atoms with Gasteiger partial charge in [0.05, 0.1) is 19.7 Å². The number of ether oxygens (including phenoxy) is 1. The van der Waals surface area contributed by atoms with E-state index in [1.807, 2.05) is 12.1 Å². The molecule has 0 spiro atoms. The summed E-state index contributed by atoms with van der Waals surface area (Å²) in [4.78, 5) is 22.6. The van der Waals surface area contributed by atoms with Gasteiger partial charge in [-0.1, -0.05) is 19.3 Å². The molecule has 0 bridgehead atoms. The molecule has 1 aromatic rings. The average Bonchev–Trinajstić information content (AvgIpc) is 2.60. The minimum Gasteiger partial charge on any atom is -0.493 e. The van der Waals surface area contributed by atoms with Crippen molar-refractivity contribution in [1.29, 1.82) is 0 Å². The maximum Gasteiger partial charge on any atom is 0.243 e. The second kappa shape index (κ2) is 10.9. The van der Waals surface area contributed by atoms with Gasteiger partial charge >= 0.3 is 0 Å². The topological polar surface area (TPSA) is 93.5 Å². The second-order valence-electron chi connectivity index (χ2n) is 5.87. The van der Waals surface area contributed by atoms with Crippen molar-refractivity contribution >= 4 is 29.9 Å². The summed E-state index contributed by atoms with van der Waals surface area (Å²) >= 11 is 0. The number of anilines is 1. The van der Waals surface area contributed by atoms with E-state index in [9.17, 15) is 9.59 Å². The van der Waals surface area contributed by atoms with Crippen molar-refractivity contribution in [3.05, 3.63) is 24.3 Å². The molecule has 4 N–H and O–H groups in total. The standard InChI is InChI=1S/C17H25N3O3.ClH/c18-10-16(21)19-11-17(22)20-14-6-8-15(9-7-14)23-12-13-4-2-1-3-5-13;/h6-9,13H,1-5,10-12,18H2,(H,19,21)(H,20,22);1H. The Labute approximate surface area is 148 Å². The summed E-state index contributed by atoms with van der Waals surface area (Å²) in [5, 5.41) is 5.12. The third-order valence-electron chi connectivity index (χ3n) is 3.98. The zero-order valence-corrected chi connectivity index (χ0v) is 14.6. The lowest BCUT2D eigenvalue weighted by Gasteiger charge is -2.21. The highest BCUT2D eigenvalue weighted by atomic mass is 35.5. The Morgan fingerprint density at radius 3 is 2.38 bits per heavy atom. The molecular weight excluding hydrogens is 330 g/mol. The van der Waals surface area contributed by atoms with Crippen molar-refractivity contribution < 1.29 is 14.3 Å². The van der Waals surface area contributed by atoms with Gasteiger partial charge in [-0.05, 0) is 43.0 Å². The van der Waals surface area contributed by atoms with Crippen LogP contribution in [0.3, 0.4) is 0 Å². The highest BCUT2D eigenvalue weighted by molar-refractivity contribution is 5.94. The van der Waals surface area contributed by atoms with E-state index < -0.39 is 0 Å². The molecule has 134 valence electrons. The van der Waals surface area contributed by atoms with Gasteiger partial charge in [-0.15, -0.1) is 12.4 Å². The number of carbonyl (C=O) groups is 2. The Morgan fingerprint density at radius 1 is 1.08 bits per heavy atom. The van der Waals surface area contributed by atoms with Gasteiger partial charge < -0.3 is 21.1 Å². The Morgan fingerprint density at radius 2 is 1.75 bits per heavy atom. The Kier molecular flexibility index (Phi) is 9.19. The predicted molar refractivity (Wildman–Crippen MR) is 96.5 cm³/mol. The van der Waals surface area contributed by atoms with Gasteiger partial charge in [-0.25, -0.2) is 0 Å². The van der Waals surface area contributed by atoms with Gasteiger partial charge in [0.1, 0.15) is 5.75 Å². The fourth-order valence-corrected chi connectivity index (χ4v) is 2.66. The highest BCUT2D eigenvalue weighted by Gasteiger charge is 2.13. The fourth-order valence-electron chi connectivity index (χ4n) is 2.66. The number of rotatable bonds is 7. The first kappa shape index (κ1) is 20.3. The number of halogens is 1. The lowest BCUT2D eigenvalue weighted by Crippen LogP contribution is -2.36. The minimum absolute atomic E-state index is 0. The van der Waals surface area contributed by atoms with Crippen LogP contribution >= 0.6 is 12.4 Å². The van der Waals surface area contributed by atoms with Crippen molar-refractivity contribution in [2.24, 2.45) is 11.7 Å². The molecular formula is C17H26ClN3O3. The van der Waals surface area contributed by atoms with Crippen molar-refractivity contribution in [3.63, 3.8) is 0 Å². The largest absolute Gasteiger partial charge is 0.493 e. The van der Waals surface area contributed by atoms with Crippen LogP contribution < -0.4 is 21.1 Å². The summed E-state index contributed by atoms with van der Waals surface area (Å²) in [6, 6.07) is 7.27. The summed E-state index contributed by atoms with van der Waals surface area (Å²) < 4.78 is 5.82. The smallest absolute Gasteiger partial charge is 0.243 e. The average molecular weight is 356 g/mol. The Balaban J connectivity index is 0.00000288. The molecule has 0 radical (unpaired) electrons. The van der Waals surface area contributed by atoms with Crippen molar-refractivity contribution in [2.45, 2.75) is 32.1 Å². The molecule has 6 nitrogen and oxygen atoms in total. The molecule has 0 aromatic heterocycles. The molecule has 0 atom stereocenters. The van der Waals surface area contributed by atoms with E-state index in [1.165, 1.54) is 32.1 Å². The van der Waals surface area contributed by atoms with Gasteiger partial charge in [0.25, 0.3) is 0 Å². The molecule has 1 aliphatic rings. The van der Waals surface area contributed by atoms with E-state index in [0.717, 1.165) is 12.4 Å². The van der Waals surface area contributed by atoms with E-state index in [4.69, 9.17) is 10.5 Å². The van der Waals surface area contributed by atoms with Crippen molar-refractivity contribution in [1.82, 2.24) is 5.32 Å². The molecule has 0 aliphatic heterocycles. The van der Waals surface area contributed by atoms with Crippen molar-refractivity contribution in [2.75, 3.05) is 25.0 Å². The quantitative estimate of drug-likeness (QED) is 0.698. The van der Waals surface area contributed by atoms with Crippen LogP contribution in [-0.4, -0.2) is 31.5 Å². The van der Waals surface area contributed by atoms with E-state index in [-0.39, 0.29) is 37.3 Å². The zero-order valence-electron chi connectivity index (χ0n) is 13.8. The summed E-state index contributed by atoms with van der Waals surface area (Å²) in [6.07, 6.45) is 6.46. The monoisotopic (exact) mass is 355 g/mol. The molecule has 1 aliphatic carbocycles. The van der Waals surface area contributed by atoms with Crippen LogP contribution in [0.5, 0.6) is 5.75 Å². The first-order valence-corrected chi connectivity index (χ1v) is 8.17. The second-order valence-corrected chi connectivity index (χ2v) is 5.87. The molecule has 0 unspecified atom stereocenters. The van der Waals surface area contributed by atoms with E-state index in [1.54, 1.807) is 12.1 Å². The predicted octanol–water partition coefficient (Wildman–Crippen LogP) is 2.08. The van der Waals surface area contributed by atoms with Gasteiger partial charge in [0.15, 0.2) is 0 Å². The van der Waals surface area contributed by atoms with Crippen LogP contribution in [0.2, 0.25) is 0 Å². The van der Waals surface area contributed by atoms with Crippen LogP contribution in [0.25, 0.3) is 0 Å². The van der Waals surface area contributed by atoms with Gasteiger partial charge in [-0.3, -0.25) is 9.59 Å². The first-order valence-electron chi connectivity index (χ1n) is 8.17. The molecule has 7 heteroatoms. The Bertz CT molecular complexity index is 516. The van der Waals surface area contributed by atoms with Crippen molar-refractivity contribution in [3.8, 4) is 5.75 Å². The number of benzene rings is 1. The molecule has 1 aromatic carbocycles. The normalized spacial score (nSPS) is 14.4. The summed E-state index contributed by atoms with van der Waals surface area (Å²) in [5.41, 5.74) is 5.82. The minimum atomic E-state index is -0.355. The number of nitrogens with one attached hydrogen (secondary N) is 2. The number of nitrogens with two attached hydrogens (primary N) is 1.